The van der Waals surface area contributed by atoms with Crippen LogP contribution in [0.25, 0.3) is 0 Å². The molecule has 5 nitrogen and oxygen atoms in total. The van der Waals surface area contributed by atoms with Crippen molar-refractivity contribution >= 4 is 15.7 Å². The van der Waals surface area contributed by atoms with E-state index < -0.39 is 9.84 Å². The van der Waals surface area contributed by atoms with Gasteiger partial charge in [0.25, 0.3) is 5.91 Å². The Morgan fingerprint density at radius 2 is 1.92 bits per heavy atom. The van der Waals surface area contributed by atoms with Crippen LogP contribution in [0, 0.1) is 6.92 Å². The lowest BCUT2D eigenvalue weighted by atomic mass is 10.1. The molecule has 0 saturated carbocycles. The van der Waals surface area contributed by atoms with Crippen LogP contribution in [0.3, 0.4) is 0 Å². The number of methoxy groups -OCH3 is 1. The molecular weight excluding hydrogens is 350 g/mol. The molecule has 3 rings (SSSR count). The average molecular weight is 373 g/mol. The number of hydrogen-bond acceptors (Lipinski definition) is 4. The molecule has 1 amide bonds. The molecule has 0 unspecified atom stereocenters. The maximum absolute atomic E-state index is 13.1. The van der Waals surface area contributed by atoms with Crippen molar-refractivity contribution in [1.29, 1.82) is 0 Å². The van der Waals surface area contributed by atoms with Crippen LogP contribution in [0.15, 0.2) is 48.5 Å². The van der Waals surface area contributed by atoms with Crippen molar-refractivity contribution in [2.24, 2.45) is 0 Å². The van der Waals surface area contributed by atoms with Gasteiger partial charge in [-0.15, -0.1) is 0 Å². The van der Waals surface area contributed by atoms with Gasteiger partial charge in [0.2, 0.25) is 0 Å². The van der Waals surface area contributed by atoms with Gasteiger partial charge in [0, 0.05) is 18.2 Å². The second-order valence-corrected chi connectivity index (χ2v) is 8.94. The Hall–Kier alpha value is -2.34. The number of nitrogens with zero attached hydrogens (tertiary/aromatic N) is 1. The number of rotatable bonds is 5. The van der Waals surface area contributed by atoms with E-state index in [0.29, 0.717) is 18.5 Å². The number of sulfone groups is 1. The minimum absolute atomic E-state index is 0.0285. The molecule has 0 spiro atoms. The molecule has 0 aliphatic carbocycles. The fourth-order valence-electron chi connectivity index (χ4n) is 3.26. The maximum atomic E-state index is 13.1. The van der Waals surface area contributed by atoms with Crippen molar-refractivity contribution in [3.8, 4) is 5.75 Å². The third-order valence-corrected chi connectivity index (χ3v) is 6.44. The van der Waals surface area contributed by atoms with Gasteiger partial charge in [-0.2, -0.15) is 0 Å². The number of benzene rings is 2. The number of ether oxygens (including phenoxy) is 1. The first-order valence-corrected chi connectivity index (χ1v) is 10.4. The van der Waals surface area contributed by atoms with Crippen LogP contribution in [0.4, 0.5) is 0 Å². The molecule has 2 aromatic rings. The SMILES string of the molecule is COc1ccc(CN(C(=O)c2cccc(C)c2)[C@@H]2CCS(=O)(=O)C2)cc1. The lowest BCUT2D eigenvalue weighted by Crippen LogP contribution is -2.40. The molecule has 1 saturated heterocycles. The van der Waals surface area contributed by atoms with Gasteiger partial charge in [0.15, 0.2) is 9.84 Å². The van der Waals surface area contributed by atoms with Gasteiger partial charge >= 0.3 is 0 Å². The molecule has 1 fully saturated rings. The summed E-state index contributed by atoms with van der Waals surface area (Å²) >= 11 is 0. The third kappa shape index (κ3) is 4.25. The molecule has 1 atom stereocenters. The molecule has 26 heavy (non-hydrogen) atoms. The van der Waals surface area contributed by atoms with Gasteiger partial charge in [-0.3, -0.25) is 4.79 Å². The minimum atomic E-state index is -3.08. The topological polar surface area (TPSA) is 63.7 Å². The molecular formula is C20H23NO4S. The highest BCUT2D eigenvalue weighted by molar-refractivity contribution is 7.91. The van der Waals surface area contributed by atoms with E-state index in [4.69, 9.17) is 4.74 Å². The summed E-state index contributed by atoms with van der Waals surface area (Å²) in [4.78, 5) is 14.8. The summed E-state index contributed by atoms with van der Waals surface area (Å²) in [5.41, 5.74) is 2.53. The number of hydrogen-bond donors (Lipinski definition) is 0. The van der Waals surface area contributed by atoms with Gasteiger partial charge in [-0.25, -0.2) is 8.42 Å². The lowest BCUT2D eigenvalue weighted by molar-refractivity contribution is 0.0681. The normalized spacial score (nSPS) is 18.5. The molecule has 0 N–H and O–H groups in total. The number of aryl methyl sites for hydroxylation is 1. The smallest absolute Gasteiger partial charge is 0.254 e. The second kappa shape index (κ2) is 7.50. The van der Waals surface area contributed by atoms with Gasteiger partial charge in [0.1, 0.15) is 5.75 Å². The van der Waals surface area contributed by atoms with Crippen LogP contribution in [-0.4, -0.2) is 43.9 Å². The summed E-state index contributed by atoms with van der Waals surface area (Å²) in [6.07, 6.45) is 0.482. The Morgan fingerprint density at radius 3 is 2.50 bits per heavy atom. The van der Waals surface area contributed by atoms with Crippen molar-refractivity contribution < 1.29 is 17.9 Å². The highest BCUT2D eigenvalue weighted by Gasteiger charge is 2.35. The zero-order valence-corrected chi connectivity index (χ0v) is 15.8. The molecule has 1 heterocycles. The fourth-order valence-corrected chi connectivity index (χ4v) is 4.99. The standard InChI is InChI=1S/C20H23NO4S/c1-15-4-3-5-17(12-15)20(22)21(18-10-11-26(23,24)14-18)13-16-6-8-19(25-2)9-7-16/h3-9,12,18H,10-11,13-14H2,1-2H3/t18-/m1/s1. The molecule has 1 aliphatic heterocycles. The Morgan fingerprint density at radius 1 is 1.19 bits per heavy atom. The molecule has 6 heteroatoms. The second-order valence-electron chi connectivity index (χ2n) is 6.71. The summed E-state index contributed by atoms with van der Waals surface area (Å²) in [7, 11) is -1.48. The Balaban J connectivity index is 1.89. The van der Waals surface area contributed by atoms with Crippen LogP contribution < -0.4 is 4.74 Å². The van der Waals surface area contributed by atoms with E-state index in [-0.39, 0.29) is 23.5 Å². The van der Waals surface area contributed by atoms with E-state index in [1.165, 1.54) is 0 Å². The van der Waals surface area contributed by atoms with E-state index in [9.17, 15) is 13.2 Å². The number of carbonyl (C=O) groups is 1. The first-order chi connectivity index (χ1) is 12.4. The molecule has 1 aliphatic rings. The van der Waals surface area contributed by atoms with Crippen molar-refractivity contribution in [3.05, 3.63) is 65.2 Å². The van der Waals surface area contributed by atoms with E-state index >= 15 is 0 Å². The Bertz CT molecular complexity index is 890. The average Bonchev–Trinajstić information content (AvgIpc) is 2.99. The van der Waals surface area contributed by atoms with E-state index in [0.717, 1.165) is 16.9 Å². The summed E-state index contributed by atoms with van der Waals surface area (Å²) < 4.78 is 29.1. The zero-order chi connectivity index (χ0) is 18.7. The minimum Gasteiger partial charge on any atom is -0.497 e. The maximum Gasteiger partial charge on any atom is 0.254 e. The first-order valence-electron chi connectivity index (χ1n) is 8.59. The van der Waals surface area contributed by atoms with Crippen LogP contribution >= 0.6 is 0 Å². The Kier molecular flexibility index (Phi) is 5.32. The van der Waals surface area contributed by atoms with Crippen LogP contribution in [-0.2, 0) is 16.4 Å². The van der Waals surface area contributed by atoms with Gasteiger partial charge in [-0.1, -0.05) is 29.8 Å². The lowest BCUT2D eigenvalue weighted by Gasteiger charge is -2.28. The first kappa shape index (κ1) is 18.5. The highest BCUT2D eigenvalue weighted by atomic mass is 32.2. The Labute approximate surface area is 154 Å². The molecule has 0 aromatic heterocycles. The van der Waals surface area contributed by atoms with Crippen molar-refractivity contribution in [3.63, 3.8) is 0 Å². The number of carbonyl (C=O) groups excluding carboxylic acids is 1. The van der Waals surface area contributed by atoms with E-state index in [1.54, 1.807) is 18.1 Å². The highest BCUT2D eigenvalue weighted by Crippen LogP contribution is 2.23. The van der Waals surface area contributed by atoms with Crippen LogP contribution in [0.5, 0.6) is 5.75 Å². The summed E-state index contributed by atoms with van der Waals surface area (Å²) in [5.74, 6) is 0.777. The quantitative estimate of drug-likeness (QED) is 0.808. The largest absolute Gasteiger partial charge is 0.497 e. The molecule has 2 aromatic carbocycles. The van der Waals surface area contributed by atoms with Gasteiger partial charge < -0.3 is 9.64 Å². The summed E-state index contributed by atoms with van der Waals surface area (Å²) in [6.45, 7) is 2.31. The van der Waals surface area contributed by atoms with E-state index in [1.807, 2.05) is 49.4 Å². The van der Waals surface area contributed by atoms with Gasteiger partial charge in [-0.05, 0) is 43.2 Å². The summed E-state index contributed by atoms with van der Waals surface area (Å²) in [6, 6.07) is 14.6. The van der Waals surface area contributed by atoms with Crippen molar-refractivity contribution in [1.82, 2.24) is 4.90 Å². The van der Waals surface area contributed by atoms with Crippen molar-refractivity contribution in [2.45, 2.75) is 25.9 Å². The predicted molar refractivity (Wildman–Crippen MR) is 101 cm³/mol. The molecule has 138 valence electrons. The predicted octanol–water partition coefficient (Wildman–Crippen LogP) is 2.83. The summed E-state index contributed by atoms with van der Waals surface area (Å²) in [5, 5.41) is 0. The molecule has 0 bridgehead atoms. The van der Waals surface area contributed by atoms with E-state index in [2.05, 4.69) is 0 Å². The molecule has 0 radical (unpaired) electrons. The monoisotopic (exact) mass is 373 g/mol. The zero-order valence-electron chi connectivity index (χ0n) is 15.0. The van der Waals surface area contributed by atoms with Crippen molar-refractivity contribution in [2.75, 3.05) is 18.6 Å². The third-order valence-electron chi connectivity index (χ3n) is 4.69. The number of amides is 1. The fraction of sp³-hybridized carbons (Fsp3) is 0.350. The van der Waals surface area contributed by atoms with Crippen LogP contribution in [0.2, 0.25) is 0 Å². The van der Waals surface area contributed by atoms with Gasteiger partial charge in [0.05, 0.1) is 18.6 Å². The van der Waals surface area contributed by atoms with Crippen LogP contribution in [0.1, 0.15) is 27.9 Å².